The zero-order valence-corrected chi connectivity index (χ0v) is 15.6. The maximum Gasteiger partial charge on any atom is 0.422 e. The molecule has 1 amide bonds. The van der Waals surface area contributed by atoms with Crippen LogP contribution in [0.5, 0.6) is 0 Å². The Morgan fingerprint density at radius 2 is 1.83 bits per heavy atom. The molecular weight excluding hydrogens is 366 g/mol. The van der Waals surface area contributed by atoms with Gasteiger partial charge in [0.1, 0.15) is 5.60 Å². The summed E-state index contributed by atoms with van der Waals surface area (Å²) in [6.45, 7) is 5.89. The van der Waals surface area contributed by atoms with Crippen LogP contribution in [0.3, 0.4) is 0 Å². The van der Waals surface area contributed by atoms with Crippen LogP contribution in [0.15, 0.2) is 59.1 Å². The second kappa shape index (κ2) is 8.03. The van der Waals surface area contributed by atoms with Crippen LogP contribution in [0, 0.1) is 12.0 Å². The van der Waals surface area contributed by atoms with Gasteiger partial charge in [-0.1, -0.05) is 52.3 Å². The van der Waals surface area contributed by atoms with Crippen molar-refractivity contribution in [3.63, 3.8) is 0 Å². The Kier molecular flexibility index (Phi) is 6.05. The molecule has 2 aromatic carbocycles. The lowest BCUT2D eigenvalue weighted by molar-refractivity contribution is 0.0341. The Hall–Kier alpha value is -2.25. The summed E-state index contributed by atoms with van der Waals surface area (Å²) in [5, 5.41) is 0. The largest absolute Gasteiger partial charge is 0.443 e. The second-order valence-electron chi connectivity index (χ2n) is 6.30. The van der Waals surface area contributed by atoms with Gasteiger partial charge < -0.3 is 4.74 Å². The Balaban J connectivity index is 2.24. The van der Waals surface area contributed by atoms with Gasteiger partial charge in [-0.15, -0.1) is 0 Å². The first-order valence-electron chi connectivity index (χ1n) is 7.65. The molecule has 0 fully saturated rings. The van der Waals surface area contributed by atoms with E-state index in [-0.39, 0.29) is 0 Å². The minimum Gasteiger partial charge on any atom is -0.443 e. The number of hydrogen-bond acceptors (Lipinski definition) is 2. The number of nitrogens with zero attached hydrogens (tertiary/aromatic N) is 1. The van der Waals surface area contributed by atoms with E-state index in [1.165, 1.54) is 4.90 Å². The summed E-state index contributed by atoms with van der Waals surface area (Å²) in [4.78, 5) is 13.8. The predicted molar refractivity (Wildman–Crippen MR) is 99.2 cm³/mol. The maximum absolute atomic E-state index is 12.4. The van der Waals surface area contributed by atoms with Gasteiger partial charge >= 0.3 is 6.09 Å². The van der Waals surface area contributed by atoms with Crippen molar-refractivity contribution in [1.29, 1.82) is 0 Å². The van der Waals surface area contributed by atoms with Gasteiger partial charge in [-0.05, 0) is 50.5 Å². The summed E-state index contributed by atoms with van der Waals surface area (Å²) < 4.78 is 6.40. The molecule has 0 atom stereocenters. The molecule has 0 bridgehead atoms. The minimum absolute atomic E-state index is 0.372. The van der Waals surface area contributed by atoms with Crippen molar-refractivity contribution in [2.24, 2.45) is 0 Å². The van der Waals surface area contributed by atoms with Crippen LogP contribution in [-0.4, -0.2) is 16.6 Å². The fourth-order valence-electron chi connectivity index (χ4n) is 1.93. The lowest BCUT2D eigenvalue weighted by atomic mass is 10.2. The summed E-state index contributed by atoms with van der Waals surface area (Å²) in [5.74, 6) is 3.02. The average molecular weight is 386 g/mol. The van der Waals surface area contributed by atoms with E-state index in [0.29, 0.717) is 6.54 Å². The Morgan fingerprint density at radius 1 is 1.12 bits per heavy atom. The van der Waals surface area contributed by atoms with Crippen LogP contribution in [0.25, 0.3) is 0 Å². The van der Waals surface area contributed by atoms with Crippen LogP contribution in [0.1, 0.15) is 31.9 Å². The molecule has 0 spiro atoms. The van der Waals surface area contributed by atoms with E-state index in [0.717, 1.165) is 15.6 Å². The van der Waals surface area contributed by atoms with E-state index < -0.39 is 11.7 Å². The Morgan fingerprint density at radius 3 is 2.46 bits per heavy atom. The van der Waals surface area contributed by atoms with Gasteiger partial charge in [0.15, 0.2) is 0 Å². The summed E-state index contributed by atoms with van der Waals surface area (Å²) in [6.07, 6.45) is -0.450. The molecule has 0 N–H and O–H groups in total. The number of hydrogen-bond donors (Lipinski definition) is 0. The van der Waals surface area contributed by atoms with E-state index >= 15 is 0 Å². The molecule has 3 nitrogen and oxygen atoms in total. The summed E-state index contributed by atoms with van der Waals surface area (Å²) >= 11 is 3.42. The highest BCUT2D eigenvalue weighted by Gasteiger charge is 2.21. The molecule has 24 heavy (non-hydrogen) atoms. The van der Waals surface area contributed by atoms with Gasteiger partial charge in [-0.2, -0.15) is 0 Å². The molecule has 4 heteroatoms. The van der Waals surface area contributed by atoms with Crippen molar-refractivity contribution in [1.82, 2.24) is 4.90 Å². The van der Waals surface area contributed by atoms with Crippen molar-refractivity contribution < 1.29 is 9.53 Å². The third-order valence-electron chi connectivity index (χ3n) is 2.96. The van der Waals surface area contributed by atoms with Crippen LogP contribution in [-0.2, 0) is 11.3 Å². The minimum atomic E-state index is -0.566. The summed E-state index contributed by atoms with van der Waals surface area (Å²) in [6, 6.07) is 20.3. The Labute approximate surface area is 151 Å². The molecule has 0 saturated carbocycles. The van der Waals surface area contributed by atoms with E-state index in [4.69, 9.17) is 4.74 Å². The van der Waals surface area contributed by atoms with Gasteiger partial charge in [0, 0.05) is 16.1 Å². The Bertz CT molecular complexity index is 754. The quantitative estimate of drug-likeness (QED) is 0.525. The predicted octanol–water partition coefficient (Wildman–Crippen LogP) is 5.20. The smallest absolute Gasteiger partial charge is 0.422 e. The molecule has 0 unspecified atom stereocenters. The molecule has 2 aromatic rings. The maximum atomic E-state index is 12.4. The molecule has 0 aromatic heterocycles. The molecule has 0 aliphatic rings. The molecule has 0 radical (unpaired) electrons. The summed E-state index contributed by atoms with van der Waals surface area (Å²) in [5.41, 5.74) is 1.25. The van der Waals surface area contributed by atoms with Crippen molar-refractivity contribution in [3.05, 3.63) is 70.2 Å². The number of carbonyl (C=O) groups is 1. The fourth-order valence-corrected chi connectivity index (χ4v) is 2.33. The number of benzene rings is 2. The highest BCUT2D eigenvalue weighted by molar-refractivity contribution is 9.10. The zero-order valence-electron chi connectivity index (χ0n) is 14.0. The number of halogens is 1. The standard InChI is InChI=1S/C20H20BrNO2/c1-20(2,3)24-19(23)22(15-17-8-5-4-6-9-17)13-12-16-10-7-11-18(21)14-16/h4-11,14H,15H2,1-3H3. The van der Waals surface area contributed by atoms with Crippen molar-refractivity contribution >= 4 is 22.0 Å². The van der Waals surface area contributed by atoms with E-state index in [9.17, 15) is 4.79 Å². The normalized spacial score (nSPS) is 10.5. The van der Waals surface area contributed by atoms with Crippen molar-refractivity contribution in [2.45, 2.75) is 32.9 Å². The number of carbonyl (C=O) groups excluding carboxylic acids is 1. The van der Waals surface area contributed by atoms with Crippen LogP contribution < -0.4 is 0 Å². The lowest BCUT2D eigenvalue weighted by Crippen LogP contribution is -2.33. The van der Waals surface area contributed by atoms with Crippen LogP contribution in [0.4, 0.5) is 4.79 Å². The first kappa shape index (κ1) is 18.1. The van der Waals surface area contributed by atoms with Gasteiger partial charge in [0.25, 0.3) is 0 Å². The molecular formula is C20H20BrNO2. The third-order valence-corrected chi connectivity index (χ3v) is 3.45. The fraction of sp³-hybridized carbons (Fsp3) is 0.250. The molecule has 0 heterocycles. The van der Waals surface area contributed by atoms with Crippen LogP contribution in [0.2, 0.25) is 0 Å². The molecule has 0 saturated heterocycles. The zero-order chi connectivity index (χ0) is 17.6. The molecule has 2 rings (SSSR count). The molecule has 0 aliphatic heterocycles. The van der Waals surface area contributed by atoms with E-state index in [1.807, 2.05) is 75.4 Å². The summed E-state index contributed by atoms with van der Waals surface area (Å²) in [7, 11) is 0. The highest BCUT2D eigenvalue weighted by atomic mass is 79.9. The highest BCUT2D eigenvalue weighted by Crippen LogP contribution is 2.13. The number of amides is 1. The first-order chi connectivity index (χ1) is 11.3. The first-order valence-corrected chi connectivity index (χ1v) is 8.44. The SMILES string of the molecule is CC(C)(C)OC(=O)N(C#Cc1cccc(Br)c1)Cc1ccccc1. The molecule has 124 valence electrons. The van der Waals surface area contributed by atoms with E-state index in [2.05, 4.69) is 27.9 Å². The van der Waals surface area contributed by atoms with Gasteiger partial charge in [-0.25, -0.2) is 9.69 Å². The van der Waals surface area contributed by atoms with Gasteiger partial charge in [0.2, 0.25) is 0 Å². The average Bonchev–Trinajstić information content (AvgIpc) is 2.50. The molecule has 0 aliphatic carbocycles. The van der Waals surface area contributed by atoms with Crippen molar-refractivity contribution in [2.75, 3.05) is 0 Å². The van der Waals surface area contributed by atoms with Gasteiger partial charge in [-0.3, -0.25) is 0 Å². The topological polar surface area (TPSA) is 29.5 Å². The monoisotopic (exact) mass is 385 g/mol. The van der Waals surface area contributed by atoms with Gasteiger partial charge in [0.05, 0.1) is 6.54 Å². The number of rotatable bonds is 2. The second-order valence-corrected chi connectivity index (χ2v) is 7.21. The van der Waals surface area contributed by atoms with Crippen LogP contribution >= 0.6 is 15.9 Å². The number of ether oxygens (including phenoxy) is 1. The lowest BCUT2D eigenvalue weighted by Gasteiger charge is -2.23. The third kappa shape index (κ3) is 6.10. The van der Waals surface area contributed by atoms with Crippen molar-refractivity contribution in [3.8, 4) is 12.0 Å². The van der Waals surface area contributed by atoms with E-state index in [1.54, 1.807) is 0 Å².